The Labute approximate surface area is 149 Å². The van der Waals surface area contributed by atoms with Crippen LogP contribution < -0.4 is 4.74 Å². The molecule has 128 valence electrons. The van der Waals surface area contributed by atoms with Gasteiger partial charge < -0.3 is 9.26 Å². The third-order valence-corrected chi connectivity index (χ3v) is 3.78. The third-order valence-electron chi connectivity index (χ3n) is 3.78. The zero-order chi connectivity index (χ0) is 17.8. The summed E-state index contributed by atoms with van der Waals surface area (Å²) >= 11 is 0. The minimum Gasteiger partial charge on any atom is -0.489 e. The van der Waals surface area contributed by atoms with Gasteiger partial charge in [0.15, 0.2) is 0 Å². The molecule has 0 saturated carbocycles. The molecule has 0 radical (unpaired) electrons. The summed E-state index contributed by atoms with van der Waals surface area (Å²) in [6.07, 6.45) is 3.34. The Bertz CT molecular complexity index is 1020. The number of aromatic nitrogens is 3. The van der Waals surface area contributed by atoms with Crippen molar-refractivity contribution in [2.75, 3.05) is 0 Å². The number of ether oxygens (including phenoxy) is 1. The molecule has 0 spiro atoms. The lowest BCUT2D eigenvalue weighted by Crippen LogP contribution is -1.98. The minimum absolute atomic E-state index is 0.142. The molecule has 0 fully saturated rings. The van der Waals surface area contributed by atoms with Gasteiger partial charge in [-0.05, 0) is 30.3 Å². The highest BCUT2D eigenvalue weighted by Gasteiger charge is 2.11. The van der Waals surface area contributed by atoms with Gasteiger partial charge in [0.1, 0.15) is 18.2 Å². The maximum absolute atomic E-state index is 13.7. The molecule has 0 aliphatic carbocycles. The lowest BCUT2D eigenvalue weighted by atomic mass is 10.2. The van der Waals surface area contributed by atoms with Crippen LogP contribution in [0.2, 0.25) is 0 Å². The summed E-state index contributed by atoms with van der Waals surface area (Å²) in [4.78, 5) is 8.43. The molecule has 0 aliphatic rings. The molecule has 0 N–H and O–H groups in total. The number of rotatable bonds is 5. The summed E-state index contributed by atoms with van der Waals surface area (Å²) in [6, 6.07) is 17.4. The molecule has 2 heterocycles. The van der Waals surface area contributed by atoms with Crippen LogP contribution in [0.4, 0.5) is 4.39 Å². The minimum atomic E-state index is -0.289. The Morgan fingerprint density at radius 2 is 1.85 bits per heavy atom. The van der Waals surface area contributed by atoms with Gasteiger partial charge in [0, 0.05) is 23.5 Å². The van der Waals surface area contributed by atoms with Crippen LogP contribution in [0.15, 0.2) is 77.6 Å². The van der Waals surface area contributed by atoms with E-state index in [1.54, 1.807) is 48.8 Å². The van der Waals surface area contributed by atoms with Crippen LogP contribution in [0.5, 0.6) is 5.75 Å². The Hall–Kier alpha value is -3.54. The summed E-state index contributed by atoms with van der Waals surface area (Å²) in [5.41, 5.74) is 1.99. The fourth-order valence-corrected chi connectivity index (χ4v) is 2.45. The number of nitrogens with zero attached hydrogens (tertiary/aromatic N) is 3. The molecule has 0 aliphatic heterocycles. The highest BCUT2D eigenvalue weighted by Crippen LogP contribution is 2.25. The Morgan fingerprint density at radius 3 is 2.69 bits per heavy atom. The van der Waals surface area contributed by atoms with Gasteiger partial charge >= 0.3 is 0 Å². The predicted molar refractivity (Wildman–Crippen MR) is 93.7 cm³/mol. The van der Waals surface area contributed by atoms with Gasteiger partial charge in [-0.25, -0.2) is 4.39 Å². The van der Waals surface area contributed by atoms with Crippen LogP contribution in [-0.2, 0) is 6.61 Å². The van der Waals surface area contributed by atoms with Crippen molar-refractivity contribution in [3.05, 3.63) is 84.4 Å². The average molecular weight is 347 g/mol. The zero-order valence-electron chi connectivity index (χ0n) is 13.7. The van der Waals surface area contributed by atoms with Crippen molar-refractivity contribution in [2.45, 2.75) is 6.61 Å². The molecule has 4 rings (SSSR count). The van der Waals surface area contributed by atoms with Gasteiger partial charge in [-0.1, -0.05) is 35.5 Å². The largest absolute Gasteiger partial charge is 0.489 e. The Kier molecular flexibility index (Phi) is 4.38. The van der Waals surface area contributed by atoms with Crippen LogP contribution in [0.1, 0.15) is 5.56 Å². The van der Waals surface area contributed by atoms with E-state index in [4.69, 9.17) is 9.26 Å². The zero-order valence-corrected chi connectivity index (χ0v) is 13.7. The fraction of sp³-hybridized carbons (Fsp3) is 0.0500. The van der Waals surface area contributed by atoms with Crippen molar-refractivity contribution in [1.29, 1.82) is 0 Å². The van der Waals surface area contributed by atoms with E-state index >= 15 is 0 Å². The van der Waals surface area contributed by atoms with E-state index in [0.29, 0.717) is 23.0 Å². The van der Waals surface area contributed by atoms with E-state index in [1.807, 2.05) is 18.2 Å². The number of halogens is 1. The van der Waals surface area contributed by atoms with Gasteiger partial charge in [0.05, 0.1) is 5.56 Å². The van der Waals surface area contributed by atoms with Crippen molar-refractivity contribution in [3.8, 4) is 28.6 Å². The lowest BCUT2D eigenvalue weighted by Gasteiger charge is -2.07. The second-order valence-corrected chi connectivity index (χ2v) is 5.57. The number of benzene rings is 2. The van der Waals surface area contributed by atoms with Crippen LogP contribution in [0.25, 0.3) is 22.8 Å². The van der Waals surface area contributed by atoms with Crippen LogP contribution in [0, 0.1) is 5.82 Å². The highest BCUT2D eigenvalue weighted by atomic mass is 19.1. The first-order valence-electron chi connectivity index (χ1n) is 8.00. The molecule has 26 heavy (non-hydrogen) atoms. The quantitative estimate of drug-likeness (QED) is 0.531. The standard InChI is InChI=1S/C20H14FN3O2/c21-18-9-2-1-5-16(18)13-25-17-8-3-6-14(11-17)19-23-20(26-24-19)15-7-4-10-22-12-15/h1-12H,13H2. The molecule has 5 nitrogen and oxygen atoms in total. The van der Waals surface area contributed by atoms with E-state index in [0.717, 1.165) is 11.1 Å². The third kappa shape index (κ3) is 3.44. The molecule has 6 heteroatoms. The van der Waals surface area contributed by atoms with E-state index < -0.39 is 0 Å². The van der Waals surface area contributed by atoms with Crippen LogP contribution in [-0.4, -0.2) is 15.1 Å². The maximum Gasteiger partial charge on any atom is 0.259 e. The molecule has 0 atom stereocenters. The maximum atomic E-state index is 13.7. The predicted octanol–water partition coefficient (Wildman–Crippen LogP) is 4.52. The molecule has 0 saturated heterocycles. The van der Waals surface area contributed by atoms with Crippen molar-refractivity contribution >= 4 is 0 Å². The van der Waals surface area contributed by atoms with E-state index in [2.05, 4.69) is 15.1 Å². The second kappa shape index (κ2) is 7.14. The van der Waals surface area contributed by atoms with Crippen LogP contribution >= 0.6 is 0 Å². The van der Waals surface area contributed by atoms with Gasteiger partial charge in [0.25, 0.3) is 5.89 Å². The van der Waals surface area contributed by atoms with Gasteiger partial charge in [0.2, 0.25) is 5.82 Å². The number of hydrogen-bond donors (Lipinski definition) is 0. The summed E-state index contributed by atoms with van der Waals surface area (Å²) in [5, 5.41) is 4.01. The topological polar surface area (TPSA) is 61.0 Å². The molecule has 0 unspecified atom stereocenters. The first kappa shape index (κ1) is 16.0. The normalized spacial score (nSPS) is 10.7. The van der Waals surface area contributed by atoms with E-state index in [1.165, 1.54) is 6.07 Å². The smallest absolute Gasteiger partial charge is 0.259 e. The molecule has 2 aromatic heterocycles. The number of hydrogen-bond acceptors (Lipinski definition) is 5. The first-order chi connectivity index (χ1) is 12.8. The highest BCUT2D eigenvalue weighted by molar-refractivity contribution is 5.60. The summed E-state index contributed by atoms with van der Waals surface area (Å²) in [6.45, 7) is 0.142. The average Bonchev–Trinajstić information content (AvgIpc) is 3.19. The SMILES string of the molecule is Fc1ccccc1COc1cccc(-c2noc(-c3cccnc3)n2)c1. The molecule has 0 bridgehead atoms. The van der Waals surface area contributed by atoms with Gasteiger partial charge in [-0.3, -0.25) is 4.98 Å². The van der Waals surface area contributed by atoms with Crippen LogP contribution in [0.3, 0.4) is 0 Å². The van der Waals surface area contributed by atoms with E-state index in [-0.39, 0.29) is 12.4 Å². The monoisotopic (exact) mass is 347 g/mol. The van der Waals surface area contributed by atoms with Crippen molar-refractivity contribution in [1.82, 2.24) is 15.1 Å². The molecular formula is C20H14FN3O2. The second-order valence-electron chi connectivity index (χ2n) is 5.57. The molecule has 2 aromatic carbocycles. The lowest BCUT2D eigenvalue weighted by molar-refractivity contribution is 0.300. The van der Waals surface area contributed by atoms with Gasteiger partial charge in [-0.2, -0.15) is 4.98 Å². The van der Waals surface area contributed by atoms with Crippen molar-refractivity contribution in [2.24, 2.45) is 0 Å². The Morgan fingerprint density at radius 1 is 0.962 bits per heavy atom. The Balaban J connectivity index is 1.53. The van der Waals surface area contributed by atoms with E-state index in [9.17, 15) is 4.39 Å². The molecule has 4 aromatic rings. The van der Waals surface area contributed by atoms with Gasteiger partial charge in [-0.15, -0.1) is 0 Å². The number of pyridine rings is 1. The summed E-state index contributed by atoms with van der Waals surface area (Å²) in [7, 11) is 0. The van der Waals surface area contributed by atoms with Crippen molar-refractivity contribution in [3.63, 3.8) is 0 Å². The molecule has 0 amide bonds. The summed E-state index contributed by atoms with van der Waals surface area (Å²) in [5.74, 6) is 1.15. The fourth-order valence-electron chi connectivity index (χ4n) is 2.45. The summed E-state index contributed by atoms with van der Waals surface area (Å²) < 4.78 is 24.7. The first-order valence-corrected chi connectivity index (χ1v) is 8.00. The van der Waals surface area contributed by atoms with Crippen molar-refractivity contribution < 1.29 is 13.7 Å². The molecular weight excluding hydrogens is 333 g/mol.